The van der Waals surface area contributed by atoms with E-state index in [-0.39, 0.29) is 0 Å². The van der Waals surface area contributed by atoms with Crippen molar-refractivity contribution in [2.24, 2.45) is 0 Å². The first-order chi connectivity index (χ1) is 10.2. The summed E-state index contributed by atoms with van der Waals surface area (Å²) in [5.74, 6) is -0.903. The Labute approximate surface area is 134 Å². The van der Waals surface area contributed by atoms with Gasteiger partial charge in [0.25, 0.3) is 0 Å². The second-order valence-electron chi connectivity index (χ2n) is 6.09. The summed E-state index contributed by atoms with van der Waals surface area (Å²) < 4.78 is 19.6. The zero-order valence-electron chi connectivity index (χ0n) is 13.0. The van der Waals surface area contributed by atoms with Crippen LogP contribution in [-0.4, -0.2) is 16.7 Å². The molecule has 1 aromatic rings. The van der Waals surface area contributed by atoms with Crippen molar-refractivity contribution in [3.63, 3.8) is 0 Å². The van der Waals surface area contributed by atoms with Gasteiger partial charge in [0, 0.05) is 11.3 Å². The van der Waals surface area contributed by atoms with E-state index >= 15 is 0 Å². The fourth-order valence-corrected chi connectivity index (χ4v) is 2.51. The van der Waals surface area contributed by atoms with Crippen LogP contribution in [0.2, 0.25) is 0 Å². The molecule has 2 N–H and O–H groups in total. The molecule has 0 saturated heterocycles. The maximum Gasteiger partial charge on any atom is 0.338 e. The third kappa shape index (κ3) is 3.62. The van der Waals surface area contributed by atoms with Crippen molar-refractivity contribution in [1.29, 1.82) is 0 Å². The Hall–Kier alpha value is -1.95. The number of hydrogen-bond acceptors (Lipinski definition) is 3. The van der Waals surface area contributed by atoms with Crippen molar-refractivity contribution in [2.75, 3.05) is 0 Å². The normalized spacial score (nSPS) is 18.6. The lowest BCUT2D eigenvalue weighted by Crippen LogP contribution is -2.46. The van der Waals surface area contributed by atoms with Crippen LogP contribution in [0.25, 0.3) is 0 Å². The molecule has 2 rings (SSSR count). The van der Waals surface area contributed by atoms with Crippen molar-refractivity contribution in [3.8, 4) is 0 Å². The molecular formula is C16H19FN2O2S. The van der Waals surface area contributed by atoms with Gasteiger partial charge in [-0.3, -0.25) is 0 Å². The van der Waals surface area contributed by atoms with Gasteiger partial charge in [-0.1, -0.05) is 18.2 Å². The molecular weight excluding hydrogens is 303 g/mol. The highest BCUT2D eigenvalue weighted by atomic mass is 32.1. The van der Waals surface area contributed by atoms with Crippen molar-refractivity contribution in [1.82, 2.24) is 10.6 Å². The quantitative estimate of drug-likeness (QED) is 0.648. The number of carbonyl (C=O) groups excluding carboxylic acids is 1. The van der Waals surface area contributed by atoms with Gasteiger partial charge in [0.2, 0.25) is 0 Å². The van der Waals surface area contributed by atoms with E-state index < -0.39 is 23.4 Å². The van der Waals surface area contributed by atoms with Gasteiger partial charge in [0.05, 0.1) is 11.6 Å². The molecule has 22 heavy (non-hydrogen) atoms. The van der Waals surface area contributed by atoms with E-state index in [4.69, 9.17) is 17.0 Å². The fraction of sp³-hybridized carbons (Fsp3) is 0.375. The Kier molecular flexibility index (Phi) is 4.51. The monoisotopic (exact) mass is 322 g/mol. The number of hydrogen-bond donors (Lipinski definition) is 2. The largest absolute Gasteiger partial charge is 0.456 e. The van der Waals surface area contributed by atoms with Gasteiger partial charge in [-0.05, 0) is 46.0 Å². The smallest absolute Gasteiger partial charge is 0.338 e. The molecule has 6 heteroatoms. The Morgan fingerprint density at radius 2 is 1.95 bits per heavy atom. The third-order valence-corrected chi connectivity index (χ3v) is 3.32. The Morgan fingerprint density at radius 1 is 1.32 bits per heavy atom. The van der Waals surface area contributed by atoms with Crippen molar-refractivity contribution >= 4 is 23.3 Å². The number of rotatable bonds is 2. The van der Waals surface area contributed by atoms with E-state index in [1.54, 1.807) is 45.9 Å². The molecule has 4 nitrogen and oxygen atoms in total. The summed E-state index contributed by atoms with van der Waals surface area (Å²) >= 11 is 5.12. The molecule has 1 atom stereocenters. The van der Waals surface area contributed by atoms with Gasteiger partial charge in [-0.2, -0.15) is 0 Å². The predicted molar refractivity (Wildman–Crippen MR) is 86.6 cm³/mol. The fourth-order valence-electron chi connectivity index (χ4n) is 2.24. The second-order valence-corrected chi connectivity index (χ2v) is 6.50. The van der Waals surface area contributed by atoms with Crippen LogP contribution in [-0.2, 0) is 9.53 Å². The van der Waals surface area contributed by atoms with Crippen LogP contribution in [0.1, 0.15) is 39.3 Å². The first-order valence-electron chi connectivity index (χ1n) is 6.95. The van der Waals surface area contributed by atoms with Crippen LogP contribution in [0.5, 0.6) is 0 Å². The lowest BCUT2D eigenvalue weighted by molar-refractivity contribution is -0.150. The van der Waals surface area contributed by atoms with Gasteiger partial charge < -0.3 is 15.4 Å². The molecule has 0 aliphatic carbocycles. The number of esters is 1. The summed E-state index contributed by atoms with van der Waals surface area (Å²) in [6, 6.07) is 5.61. The van der Waals surface area contributed by atoms with Crippen LogP contribution >= 0.6 is 12.2 Å². The molecule has 0 bridgehead atoms. The minimum Gasteiger partial charge on any atom is -0.456 e. The van der Waals surface area contributed by atoms with Crippen molar-refractivity contribution in [2.45, 2.75) is 39.3 Å². The molecule has 1 aromatic carbocycles. The summed E-state index contributed by atoms with van der Waals surface area (Å²) in [5, 5.41) is 6.18. The molecule has 0 aromatic heterocycles. The van der Waals surface area contributed by atoms with Gasteiger partial charge in [-0.25, -0.2) is 9.18 Å². The predicted octanol–water partition coefficient (Wildman–Crippen LogP) is 2.96. The molecule has 0 fully saturated rings. The summed E-state index contributed by atoms with van der Waals surface area (Å²) in [4.78, 5) is 12.5. The van der Waals surface area contributed by atoms with E-state index in [1.165, 1.54) is 6.07 Å². The topological polar surface area (TPSA) is 50.4 Å². The Balaban J connectivity index is 2.46. The number of halogens is 1. The number of allylic oxidation sites excluding steroid dienone is 1. The average Bonchev–Trinajstić information content (AvgIpc) is 2.35. The molecule has 0 unspecified atom stereocenters. The average molecular weight is 322 g/mol. The Bertz CT molecular complexity index is 650. The molecule has 1 heterocycles. The van der Waals surface area contributed by atoms with Crippen LogP contribution in [0, 0.1) is 5.82 Å². The third-order valence-electron chi connectivity index (χ3n) is 3.10. The van der Waals surface area contributed by atoms with E-state index in [2.05, 4.69) is 10.6 Å². The van der Waals surface area contributed by atoms with E-state index in [9.17, 15) is 9.18 Å². The summed E-state index contributed by atoms with van der Waals surface area (Å²) in [6.07, 6.45) is 0. The highest BCUT2D eigenvalue weighted by Crippen LogP contribution is 2.30. The maximum atomic E-state index is 14.1. The van der Waals surface area contributed by atoms with Crippen LogP contribution < -0.4 is 10.6 Å². The number of thiocarbonyl (C=S) groups is 1. The number of ether oxygens (including phenoxy) is 1. The zero-order chi connectivity index (χ0) is 16.5. The summed E-state index contributed by atoms with van der Waals surface area (Å²) in [6.45, 7) is 7.08. The molecule has 0 spiro atoms. The van der Waals surface area contributed by atoms with Gasteiger partial charge >= 0.3 is 5.97 Å². The molecule has 1 aliphatic heterocycles. The van der Waals surface area contributed by atoms with Crippen LogP contribution in [0.4, 0.5) is 4.39 Å². The van der Waals surface area contributed by atoms with E-state index in [1.807, 2.05) is 0 Å². The number of carbonyl (C=O) groups is 1. The SMILES string of the molecule is CC1=C(C(=O)OC(C)(C)C)[C@H](c2ccccc2F)NC(=S)N1. The molecule has 0 saturated carbocycles. The highest BCUT2D eigenvalue weighted by Gasteiger charge is 2.34. The molecule has 0 radical (unpaired) electrons. The lowest BCUT2D eigenvalue weighted by Gasteiger charge is -2.31. The minimum atomic E-state index is -0.676. The molecule has 118 valence electrons. The van der Waals surface area contributed by atoms with Crippen LogP contribution in [0.3, 0.4) is 0 Å². The highest BCUT2D eigenvalue weighted by molar-refractivity contribution is 7.80. The van der Waals surface area contributed by atoms with E-state index in [0.717, 1.165) is 0 Å². The minimum absolute atomic E-state index is 0.327. The zero-order valence-corrected chi connectivity index (χ0v) is 13.8. The molecule has 0 amide bonds. The van der Waals surface area contributed by atoms with Crippen molar-refractivity contribution in [3.05, 3.63) is 46.9 Å². The van der Waals surface area contributed by atoms with Crippen molar-refractivity contribution < 1.29 is 13.9 Å². The van der Waals surface area contributed by atoms with Gasteiger partial charge in [-0.15, -0.1) is 0 Å². The van der Waals surface area contributed by atoms with Gasteiger partial charge in [0.1, 0.15) is 11.4 Å². The summed E-state index contributed by atoms with van der Waals surface area (Å²) in [7, 11) is 0. The maximum absolute atomic E-state index is 14.1. The summed E-state index contributed by atoms with van der Waals surface area (Å²) in [5.41, 5.74) is 0.605. The standard InChI is InChI=1S/C16H19FN2O2S/c1-9-12(14(20)21-16(2,3)4)13(19-15(22)18-9)10-7-5-6-8-11(10)17/h5-8,13H,1-4H3,(H2,18,19,22)/t13-/m0/s1. The lowest BCUT2D eigenvalue weighted by atomic mass is 9.95. The molecule has 1 aliphatic rings. The van der Waals surface area contributed by atoms with Crippen LogP contribution in [0.15, 0.2) is 35.5 Å². The van der Waals surface area contributed by atoms with Gasteiger partial charge in [0.15, 0.2) is 5.11 Å². The first-order valence-corrected chi connectivity index (χ1v) is 7.36. The Morgan fingerprint density at radius 3 is 2.55 bits per heavy atom. The van der Waals surface area contributed by atoms with E-state index in [0.29, 0.717) is 21.9 Å². The number of nitrogens with one attached hydrogen (secondary N) is 2. The second kappa shape index (κ2) is 6.04. The first kappa shape index (κ1) is 16.4. The number of benzene rings is 1.